The van der Waals surface area contributed by atoms with Crippen molar-refractivity contribution in [2.45, 2.75) is 12.1 Å². The van der Waals surface area contributed by atoms with Gasteiger partial charge in [-0.25, -0.2) is 4.39 Å². The molecule has 1 N–H and O–H groups in total. The predicted octanol–water partition coefficient (Wildman–Crippen LogP) is 5.77. The summed E-state index contributed by atoms with van der Waals surface area (Å²) >= 11 is 7.61. The molecule has 0 radical (unpaired) electrons. The first-order chi connectivity index (χ1) is 15.0. The van der Waals surface area contributed by atoms with Crippen LogP contribution in [-0.2, 0) is 4.79 Å². The van der Waals surface area contributed by atoms with E-state index in [9.17, 15) is 9.18 Å². The molecule has 4 aromatic rings. The Morgan fingerprint density at radius 3 is 2.48 bits per heavy atom. The Labute approximate surface area is 188 Å². The Balaban J connectivity index is 1.63. The van der Waals surface area contributed by atoms with Crippen molar-refractivity contribution in [1.29, 1.82) is 0 Å². The quantitative estimate of drug-likeness (QED) is 0.377. The largest absolute Gasteiger partial charge is 0.323 e. The molecular weight excluding hydrogens is 435 g/mol. The fourth-order valence-electron chi connectivity index (χ4n) is 2.99. The van der Waals surface area contributed by atoms with Gasteiger partial charge in [0, 0.05) is 11.3 Å². The molecule has 3 aromatic carbocycles. The van der Waals surface area contributed by atoms with Gasteiger partial charge in [-0.15, -0.1) is 10.2 Å². The van der Waals surface area contributed by atoms with Crippen molar-refractivity contribution in [2.24, 2.45) is 0 Å². The molecule has 31 heavy (non-hydrogen) atoms. The summed E-state index contributed by atoms with van der Waals surface area (Å²) in [6.45, 7) is 2.01. The summed E-state index contributed by atoms with van der Waals surface area (Å²) in [6, 6.07) is 21.3. The van der Waals surface area contributed by atoms with Crippen LogP contribution >= 0.6 is 23.4 Å². The van der Waals surface area contributed by atoms with Crippen molar-refractivity contribution in [2.75, 3.05) is 11.1 Å². The van der Waals surface area contributed by atoms with Gasteiger partial charge in [0.05, 0.1) is 16.5 Å². The topological polar surface area (TPSA) is 59.8 Å². The van der Waals surface area contributed by atoms with Gasteiger partial charge >= 0.3 is 0 Å². The number of benzene rings is 3. The minimum Gasteiger partial charge on any atom is -0.323 e. The Morgan fingerprint density at radius 2 is 1.74 bits per heavy atom. The van der Waals surface area contributed by atoms with Gasteiger partial charge in [0.1, 0.15) is 5.82 Å². The van der Waals surface area contributed by atoms with Gasteiger partial charge in [-0.1, -0.05) is 65.3 Å². The summed E-state index contributed by atoms with van der Waals surface area (Å²) in [5.74, 6) is -0.204. The molecule has 0 saturated heterocycles. The van der Waals surface area contributed by atoms with Crippen LogP contribution in [0.3, 0.4) is 0 Å². The molecule has 0 aliphatic rings. The number of rotatable bonds is 6. The number of anilines is 1. The fourth-order valence-corrected chi connectivity index (χ4v) is 3.96. The van der Waals surface area contributed by atoms with Crippen molar-refractivity contribution in [3.05, 3.63) is 89.2 Å². The normalized spacial score (nSPS) is 10.8. The van der Waals surface area contributed by atoms with E-state index in [1.165, 1.54) is 23.9 Å². The first kappa shape index (κ1) is 21.1. The lowest BCUT2D eigenvalue weighted by molar-refractivity contribution is -0.113. The lowest BCUT2D eigenvalue weighted by atomic mass is 10.2. The van der Waals surface area contributed by atoms with Gasteiger partial charge in [0.15, 0.2) is 11.0 Å². The van der Waals surface area contributed by atoms with Crippen LogP contribution in [0, 0.1) is 12.7 Å². The van der Waals surface area contributed by atoms with E-state index in [1.54, 1.807) is 18.2 Å². The summed E-state index contributed by atoms with van der Waals surface area (Å²) in [5.41, 5.74) is 2.85. The average molecular weight is 453 g/mol. The fraction of sp³-hybridized carbons (Fsp3) is 0.0870. The number of carbonyl (C=O) groups is 1. The number of para-hydroxylation sites is 1. The molecule has 0 unspecified atom stereocenters. The zero-order chi connectivity index (χ0) is 21.8. The molecule has 1 heterocycles. The molecule has 156 valence electrons. The highest BCUT2D eigenvalue weighted by Crippen LogP contribution is 2.32. The first-order valence-electron chi connectivity index (χ1n) is 9.47. The Bertz CT molecular complexity index is 1230. The van der Waals surface area contributed by atoms with E-state index >= 15 is 0 Å². The van der Waals surface area contributed by atoms with E-state index in [4.69, 9.17) is 11.6 Å². The molecule has 0 fully saturated rings. The second-order valence-electron chi connectivity index (χ2n) is 6.77. The number of carbonyl (C=O) groups excluding carboxylic acids is 1. The minimum absolute atomic E-state index is 0.0425. The van der Waals surface area contributed by atoms with Crippen molar-refractivity contribution in [3.8, 4) is 17.1 Å². The van der Waals surface area contributed by atoms with E-state index in [0.717, 1.165) is 16.8 Å². The molecule has 5 nitrogen and oxygen atoms in total. The van der Waals surface area contributed by atoms with Crippen LogP contribution in [0.4, 0.5) is 10.1 Å². The predicted molar refractivity (Wildman–Crippen MR) is 122 cm³/mol. The zero-order valence-corrected chi connectivity index (χ0v) is 18.1. The molecule has 0 saturated carbocycles. The summed E-state index contributed by atoms with van der Waals surface area (Å²) in [7, 11) is 0. The third kappa shape index (κ3) is 4.78. The number of hydrogen-bond acceptors (Lipinski definition) is 4. The lowest BCUT2D eigenvalue weighted by Crippen LogP contribution is -2.15. The molecule has 0 bridgehead atoms. The highest BCUT2D eigenvalue weighted by Gasteiger charge is 2.19. The zero-order valence-electron chi connectivity index (χ0n) is 16.5. The Morgan fingerprint density at radius 1 is 1.03 bits per heavy atom. The van der Waals surface area contributed by atoms with Gasteiger partial charge in [-0.05, 0) is 43.3 Å². The Kier molecular flexibility index (Phi) is 6.34. The third-order valence-electron chi connectivity index (χ3n) is 4.52. The molecule has 8 heteroatoms. The monoisotopic (exact) mass is 452 g/mol. The molecule has 0 aliphatic heterocycles. The van der Waals surface area contributed by atoms with Crippen molar-refractivity contribution in [1.82, 2.24) is 14.8 Å². The number of nitrogens with one attached hydrogen (secondary N) is 1. The van der Waals surface area contributed by atoms with Crippen LogP contribution in [0.1, 0.15) is 5.56 Å². The standard InChI is InChI=1S/C23H18ClFN4OS/c1-15-10-12-16(13-11-15)29-22(17-6-2-3-7-18(17)24)27-28-23(29)31-14-21(30)26-20-9-5-4-8-19(20)25/h2-13H,14H2,1H3,(H,26,30). The summed E-state index contributed by atoms with van der Waals surface area (Å²) in [6.07, 6.45) is 0. The van der Waals surface area contributed by atoms with Crippen LogP contribution < -0.4 is 5.32 Å². The van der Waals surface area contributed by atoms with Crippen LogP contribution in [0.5, 0.6) is 0 Å². The van der Waals surface area contributed by atoms with E-state index in [2.05, 4.69) is 15.5 Å². The molecule has 0 aliphatic carbocycles. The number of amides is 1. The van der Waals surface area contributed by atoms with Crippen LogP contribution in [0.15, 0.2) is 78.0 Å². The number of aromatic nitrogens is 3. The maximum Gasteiger partial charge on any atom is 0.234 e. The molecule has 1 aromatic heterocycles. The van der Waals surface area contributed by atoms with Crippen LogP contribution in [0.2, 0.25) is 5.02 Å². The summed E-state index contributed by atoms with van der Waals surface area (Å²) in [5, 5.41) is 12.3. The number of hydrogen-bond donors (Lipinski definition) is 1. The molecule has 0 atom stereocenters. The van der Waals surface area contributed by atoms with Crippen LogP contribution in [-0.4, -0.2) is 26.4 Å². The SMILES string of the molecule is Cc1ccc(-n2c(SCC(=O)Nc3ccccc3F)nnc2-c2ccccc2Cl)cc1. The second kappa shape index (κ2) is 9.32. The lowest BCUT2D eigenvalue weighted by Gasteiger charge is -2.12. The van der Waals surface area contributed by atoms with E-state index in [0.29, 0.717) is 16.0 Å². The molecule has 0 spiro atoms. The van der Waals surface area contributed by atoms with Gasteiger partial charge in [0.2, 0.25) is 5.91 Å². The number of aryl methyl sites for hydroxylation is 1. The summed E-state index contributed by atoms with van der Waals surface area (Å²) < 4.78 is 15.7. The smallest absolute Gasteiger partial charge is 0.234 e. The van der Waals surface area contributed by atoms with Crippen LogP contribution in [0.25, 0.3) is 17.1 Å². The van der Waals surface area contributed by atoms with E-state index in [1.807, 2.05) is 54.0 Å². The molecule has 4 rings (SSSR count). The van der Waals surface area contributed by atoms with Crippen molar-refractivity contribution >= 4 is 35.0 Å². The molecular formula is C23H18ClFN4OS. The minimum atomic E-state index is -0.482. The maximum atomic E-state index is 13.8. The highest BCUT2D eigenvalue weighted by molar-refractivity contribution is 7.99. The van der Waals surface area contributed by atoms with Gasteiger partial charge < -0.3 is 5.32 Å². The highest BCUT2D eigenvalue weighted by atomic mass is 35.5. The van der Waals surface area contributed by atoms with Gasteiger partial charge in [-0.3, -0.25) is 9.36 Å². The number of nitrogens with zero attached hydrogens (tertiary/aromatic N) is 3. The van der Waals surface area contributed by atoms with E-state index in [-0.39, 0.29) is 17.3 Å². The first-order valence-corrected chi connectivity index (χ1v) is 10.8. The number of halogens is 2. The average Bonchev–Trinajstić information content (AvgIpc) is 3.18. The summed E-state index contributed by atoms with van der Waals surface area (Å²) in [4.78, 5) is 12.4. The maximum absolute atomic E-state index is 13.8. The van der Waals surface area contributed by atoms with E-state index < -0.39 is 5.82 Å². The van der Waals surface area contributed by atoms with Crippen molar-refractivity contribution in [3.63, 3.8) is 0 Å². The third-order valence-corrected chi connectivity index (χ3v) is 5.78. The van der Waals surface area contributed by atoms with Gasteiger partial charge in [0.25, 0.3) is 0 Å². The molecule has 1 amide bonds. The van der Waals surface area contributed by atoms with Gasteiger partial charge in [-0.2, -0.15) is 0 Å². The second-order valence-corrected chi connectivity index (χ2v) is 8.12. The number of thioether (sulfide) groups is 1. The Hall–Kier alpha value is -3.16. The van der Waals surface area contributed by atoms with Crippen molar-refractivity contribution < 1.29 is 9.18 Å².